The van der Waals surface area contributed by atoms with Crippen molar-refractivity contribution in [2.45, 2.75) is 45.3 Å². The fraction of sp³-hybridized carbons (Fsp3) is 0.625. The standard InChI is InChI=1S/C16H24N2O4/c1-16(2,3)22-15(19)18-9-5-6-13(11-18)21-14-10-12(20-4)7-8-17-14/h7-8,10,13H,5-6,9,11H2,1-4H3/t13-/m1/s1. The van der Waals surface area contributed by atoms with Crippen LogP contribution in [0.5, 0.6) is 11.6 Å². The second-order valence-electron chi connectivity index (χ2n) is 6.34. The highest BCUT2D eigenvalue weighted by atomic mass is 16.6. The number of piperidine rings is 1. The van der Waals surface area contributed by atoms with E-state index < -0.39 is 5.60 Å². The average Bonchev–Trinajstić information content (AvgIpc) is 2.46. The first kappa shape index (κ1) is 16.4. The summed E-state index contributed by atoms with van der Waals surface area (Å²) < 4.78 is 16.4. The molecule has 2 heterocycles. The molecule has 0 unspecified atom stereocenters. The Kier molecular flexibility index (Phi) is 5.11. The molecule has 6 nitrogen and oxygen atoms in total. The first-order valence-corrected chi connectivity index (χ1v) is 7.52. The first-order chi connectivity index (χ1) is 10.4. The average molecular weight is 308 g/mol. The Hall–Kier alpha value is -1.98. The van der Waals surface area contributed by atoms with Crippen LogP contribution in [0.15, 0.2) is 18.3 Å². The summed E-state index contributed by atoms with van der Waals surface area (Å²) in [6.45, 7) is 6.79. The Morgan fingerprint density at radius 2 is 2.18 bits per heavy atom. The van der Waals surface area contributed by atoms with Crippen LogP contribution in [0.25, 0.3) is 0 Å². The van der Waals surface area contributed by atoms with Gasteiger partial charge in [-0.15, -0.1) is 0 Å². The second kappa shape index (κ2) is 6.85. The van der Waals surface area contributed by atoms with Gasteiger partial charge < -0.3 is 19.1 Å². The molecule has 0 N–H and O–H groups in total. The zero-order chi connectivity index (χ0) is 16.2. The van der Waals surface area contributed by atoms with Gasteiger partial charge in [0.15, 0.2) is 0 Å². The van der Waals surface area contributed by atoms with Crippen molar-refractivity contribution in [3.8, 4) is 11.6 Å². The molecule has 1 aliphatic heterocycles. The van der Waals surface area contributed by atoms with Crippen LogP contribution < -0.4 is 9.47 Å². The summed E-state index contributed by atoms with van der Waals surface area (Å²) in [6, 6.07) is 3.51. The lowest BCUT2D eigenvalue weighted by Gasteiger charge is -2.33. The quantitative estimate of drug-likeness (QED) is 0.859. The molecule has 1 atom stereocenters. The predicted molar refractivity (Wildman–Crippen MR) is 82.2 cm³/mol. The number of hydrogen-bond acceptors (Lipinski definition) is 5. The zero-order valence-electron chi connectivity index (χ0n) is 13.7. The lowest BCUT2D eigenvalue weighted by Crippen LogP contribution is -2.46. The number of amides is 1. The van der Waals surface area contributed by atoms with Crippen molar-refractivity contribution >= 4 is 6.09 Å². The summed E-state index contributed by atoms with van der Waals surface area (Å²) >= 11 is 0. The molecule has 0 radical (unpaired) electrons. The Labute approximate surface area is 131 Å². The maximum atomic E-state index is 12.1. The number of ether oxygens (including phenoxy) is 3. The summed E-state index contributed by atoms with van der Waals surface area (Å²) in [5.74, 6) is 1.21. The first-order valence-electron chi connectivity index (χ1n) is 7.52. The minimum atomic E-state index is -0.487. The van der Waals surface area contributed by atoms with Crippen LogP contribution in [0.4, 0.5) is 4.79 Å². The molecule has 1 aromatic heterocycles. The van der Waals surface area contributed by atoms with Gasteiger partial charge in [-0.1, -0.05) is 0 Å². The maximum Gasteiger partial charge on any atom is 0.410 e. The molecule has 1 aliphatic rings. The van der Waals surface area contributed by atoms with Crippen molar-refractivity contribution in [3.63, 3.8) is 0 Å². The van der Waals surface area contributed by atoms with E-state index in [9.17, 15) is 4.79 Å². The molecule has 1 aromatic rings. The van der Waals surface area contributed by atoms with E-state index in [1.54, 1.807) is 30.3 Å². The number of likely N-dealkylation sites (tertiary alicyclic amines) is 1. The van der Waals surface area contributed by atoms with E-state index in [4.69, 9.17) is 14.2 Å². The summed E-state index contributed by atoms with van der Waals surface area (Å²) in [4.78, 5) is 18.0. The lowest BCUT2D eigenvalue weighted by molar-refractivity contribution is 0.00719. The van der Waals surface area contributed by atoms with E-state index in [1.165, 1.54) is 0 Å². The third kappa shape index (κ3) is 4.79. The molecule has 1 fully saturated rings. The van der Waals surface area contributed by atoms with Gasteiger partial charge >= 0.3 is 6.09 Å². The Morgan fingerprint density at radius 1 is 1.41 bits per heavy atom. The van der Waals surface area contributed by atoms with E-state index in [0.29, 0.717) is 24.7 Å². The van der Waals surface area contributed by atoms with Gasteiger partial charge in [0, 0.05) is 18.8 Å². The van der Waals surface area contributed by atoms with Crippen LogP contribution in [-0.4, -0.2) is 47.9 Å². The number of carbonyl (C=O) groups is 1. The van der Waals surface area contributed by atoms with Crippen LogP contribution >= 0.6 is 0 Å². The number of nitrogens with zero attached hydrogens (tertiary/aromatic N) is 2. The number of pyridine rings is 1. The van der Waals surface area contributed by atoms with Crippen LogP contribution in [0.1, 0.15) is 33.6 Å². The molecule has 22 heavy (non-hydrogen) atoms. The lowest BCUT2D eigenvalue weighted by atomic mass is 10.1. The van der Waals surface area contributed by atoms with Crippen molar-refractivity contribution in [3.05, 3.63) is 18.3 Å². The fourth-order valence-electron chi connectivity index (χ4n) is 2.28. The summed E-state index contributed by atoms with van der Waals surface area (Å²) in [5.41, 5.74) is -0.487. The number of carbonyl (C=O) groups excluding carboxylic acids is 1. The zero-order valence-corrected chi connectivity index (χ0v) is 13.7. The Bertz CT molecular complexity index is 513. The van der Waals surface area contributed by atoms with Gasteiger partial charge in [-0.3, -0.25) is 0 Å². The fourth-order valence-corrected chi connectivity index (χ4v) is 2.28. The van der Waals surface area contributed by atoms with Gasteiger partial charge in [-0.05, 0) is 39.7 Å². The molecule has 0 aliphatic carbocycles. The number of rotatable bonds is 3. The van der Waals surface area contributed by atoms with E-state index in [0.717, 1.165) is 12.8 Å². The van der Waals surface area contributed by atoms with E-state index in [2.05, 4.69) is 4.98 Å². The van der Waals surface area contributed by atoms with Gasteiger partial charge in [0.1, 0.15) is 17.5 Å². The monoisotopic (exact) mass is 308 g/mol. The Balaban J connectivity index is 1.94. The minimum absolute atomic E-state index is 0.0825. The largest absolute Gasteiger partial charge is 0.497 e. The van der Waals surface area contributed by atoms with Crippen molar-refractivity contribution in [2.75, 3.05) is 20.2 Å². The van der Waals surface area contributed by atoms with Crippen LogP contribution in [0, 0.1) is 0 Å². The van der Waals surface area contributed by atoms with E-state index in [1.807, 2.05) is 20.8 Å². The predicted octanol–water partition coefficient (Wildman–Crippen LogP) is 2.87. The number of hydrogen-bond donors (Lipinski definition) is 0. The Morgan fingerprint density at radius 3 is 2.86 bits per heavy atom. The van der Waals surface area contributed by atoms with Crippen LogP contribution in [0.2, 0.25) is 0 Å². The van der Waals surface area contributed by atoms with Crippen molar-refractivity contribution in [1.29, 1.82) is 0 Å². The maximum absolute atomic E-state index is 12.1. The molecule has 6 heteroatoms. The van der Waals surface area contributed by atoms with Gasteiger partial charge in [0.2, 0.25) is 5.88 Å². The molecule has 122 valence electrons. The highest BCUT2D eigenvalue weighted by Crippen LogP contribution is 2.21. The highest BCUT2D eigenvalue weighted by Gasteiger charge is 2.28. The summed E-state index contributed by atoms with van der Waals surface area (Å²) in [7, 11) is 1.60. The molecule has 0 spiro atoms. The van der Waals surface area contributed by atoms with Crippen molar-refractivity contribution < 1.29 is 19.0 Å². The molecule has 1 amide bonds. The normalized spacial score (nSPS) is 18.7. The van der Waals surface area contributed by atoms with Crippen LogP contribution in [-0.2, 0) is 4.74 Å². The second-order valence-corrected chi connectivity index (χ2v) is 6.34. The number of methoxy groups -OCH3 is 1. The van der Waals surface area contributed by atoms with Crippen LogP contribution in [0.3, 0.4) is 0 Å². The molecule has 0 bridgehead atoms. The smallest absolute Gasteiger partial charge is 0.410 e. The van der Waals surface area contributed by atoms with Gasteiger partial charge in [0.05, 0.1) is 13.7 Å². The minimum Gasteiger partial charge on any atom is -0.497 e. The SMILES string of the molecule is COc1ccnc(O[C@@H]2CCCN(C(=O)OC(C)(C)C)C2)c1. The molecular weight excluding hydrogens is 284 g/mol. The molecule has 0 aromatic carbocycles. The highest BCUT2D eigenvalue weighted by molar-refractivity contribution is 5.68. The molecule has 1 saturated heterocycles. The summed E-state index contributed by atoms with van der Waals surface area (Å²) in [6.07, 6.45) is 3.04. The van der Waals surface area contributed by atoms with E-state index in [-0.39, 0.29) is 12.2 Å². The third-order valence-electron chi connectivity index (χ3n) is 3.26. The van der Waals surface area contributed by atoms with Crippen molar-refractivity contribution in [2.24, 2.45) is 0 Å². The third-order valence-corrected chi connectivity index (χ3v) is 3.26. The molecular formula is C16H24N2O4. The van der Waals surface area contributed by atoms with Gasteiger partial charge in [0.25, 0.3) is 0 Å². The summed E-state index contributed by atoms with van der Waals surface area (Å²) in [5, 5.41) is 0. The number of aromatic nitrogens is 1. The van der Waals surface area contributed by atoms with Crippen molar-refractivity contribution in [1.82, 2.24) is 9.88 Å². The van der Waals surface area contributed by atoms with Gasteiger partial charge in [-0.25, -0.2) is 9.78 Å². The molecule has 2 rings (SSSR count). The topological polar surface area (TPSA) is 60.9 Å². The van der Waals surface area contributed by atoms with Gasteiger partial charge in [-0.2, -0.15) is 0 Å². The van der Waals surface area contributed by atoms with E-state index >= 15 is 0 Å². The molecule has 0 saturated carbocycles.